The maximum atomic E-state index is 6.03. The Morgan fingerprint density at radius 2 is 1.62 bits per heavy atom. The van der Waals surface area contributed by atoms with E-state index in [-0.39, 0.29) is 0 Å². The lowest BCUT2D eigenvalue weighted by molar-refractivity contribution is 0.867. The molecule has 4 nitrogen and oxygen atoms in total. The minimum atomic E-state index is 0.475. The van der Waals surface area contributed by atoms with Crippen LogP contribution in [0.1, 0.15) is 25.3 Å². The van der Waals surface area contributed by atoms with Gasteiger partial charge in [0.2, 0.25) is 0 Å². The summed E-state index contributed by atoms with van der Waals surface area (Å²) in [7, 11) is 0. The van der Waals surface area contributed by atoms with Gasteiger partial charge in [-0.25, -0.2) is 9.97 Å². The van der Waals surface area contributed by atoms with Crippen LogP contribution in [0, 0.1) is 0 Å². The van der Waals surface area contributed by atoms with Gasteiger partial charge < -0.3 is 11.5 Å². The van der Waals surface area contributed by atoms with Gasteiger partial charge >= 0.3 is 0 Å². The van der Waals surface area contributed by atoms with Crippen LogP contribution in [0.3, 0.4) is 0 Å². The van der Waals surface area contributed by atoms with Crippen LogP contribution >= 0.6 is 0 Å². The molecule has 0 amide bonds. The van der Waals surface area contributed by atoms with Gasteiger partial charge in [0.05, 0.1) is 5.52 Å². The Morgan fingerprint density at radius 1 is 0.905 bits per heavy atom. The number of hydrogen-bond acceptors (Lipinski definition) is 4. The van der Waals surface area contributed by atoms with E-state index < -0.39 is 0 Å². The summed E-state index contributed by atoms with van der Waals surface area (Å²) in [5.41, 5.74) is 15.5. The minimum absolute atomic E-state index is 0.475. The Bertz CT molecular complexity index is 792. The van der Waals surface area contributed by atoms with E-state index in [0.29, 0.717) is 23.2 Å². The lowest BCUT2D eigenvalue weighted by atomic mass is 10.0. The van der Waals surface area contributed by atoms with Crippen molar-refractivity contribution in [1.82, 2.24) is 9.97 Å². The van der Waals surface area contributed by atoms with Crippen molar-refractivity contribution in [2.24, 2.45) is 0 Å². The predicted molar refractivity (Wildman–Crippen MR) is 87.9 cm³/mol. The number of anilines is 2. The molecule has 3 aromatic rings. The fraction of sp³-hybridized carbons (Fsp3) is 0.176. The molecule has 1 aromatic heterocycles. The molecule has 0 bridgehead atoms. The number of nitrogen functional groups attached to an aromatic ring is 2. The van der Waals surface area contributed by atoms with Gasteiger partial charge in [-0.05, 0) is 29.7 Å². The zero-order valence-electron chi connectivity index (χ0n) is 12.2. The monoisotopic (exact) mass is 278 g/mol. The van der Waals surface area contributed by atoms with Crippen molar-refractivity contribution in [1.29, 1.82) is 0 Å². The molecule has 0 fully saturated rings. The molecular weight excluding hydrogens is 260 g/mol. The molecule has 0 radical (unpaired) electrons. The Labute approximate surface area is 123 Å². The van der Waals surface area contributed by atoms with Gasteiger partial charge in [0, 0.05) is 16.6 Å². The van der Waals surface area contributed by atoms with Crippen molar-refractivity contribution in [2.45, 2.75) is 19.8 Å². The summed E-state index contributed by atoms with van der Waals surface area (Å²) >= 11 is 0. The fourth-order valence-corrected chi connectivity index (χ4v) is 2.32. The highest BCUT2D eigenvalue weighted by molar-refractivity contribution is 5.91. The zero-order valence-corrected chi connectivity index (χ0v) is 12.2. The molecule has 4 heteroatoms. The van der Waals surface area contributed by atoms with Crippen molar-refractivity contribution in [3.8, 4) is 11.4 Å². The second-order valence-electron chi connectivity index (χ2n) is 5.49. The zero-order chi connectivity index (χ0) is 15.0. The summed E-state index contributed by atoms with van der Waals surface area (Å²) in [6, 6.07) is 13.7. The summed E-state index contributed by atoms with van der Waals surface area (Å²) in [5.74, 6) is 1.60. The SMILES string of the molecule is CC(C)c1ccc(-c2nc(N)c3ccc(N)cc3n2)cc1. The summed E-state index contributed by atoms with van der Waals surface area (Å²) in [4.78, 5) is 8.97. The van der Waals surface area contributed by atoms with Crippen molar-refractivity contribution < 1.29 is 0 Å². The smallest absolute Gasteiger partial charge is 0.162 e. The first kappa shape index (κ1) is 13.4. The molecular formula is C17H18N4. The number of fused-ring (bicyclic) bond motifs is 1. The normalized spacial score (nSPS) is 11.2. The van der Waals surface area contributed by atoms with E-state index in [9.17, 15) is 0 Å². The van der Waals surface area contributed by atoms with Crippen LogP contribution in [0.15, 0.2) is 42.5 Å². The average Bonchev–Trinajstić information content (AvgIpc) is 2.46. The van der Waals surface area contributed by atoms with Crippen LogP contribution < -0.4 is 11.5 Å². The van der Waals surface area contributed by atoms with E-state index in [1.54, 1.807) is 6.07 Å². The van der Waals surface area contributed by atoms with Gasteiger partial charge in [0.25, 0.3) is 0 Å². The first-order valence-electron chi connectivity index (χ1n) is 6.97. The third-order valence-corrected chi connectivity index (χ3v) is 3.59. The Balaban J connectivity index is 2.11. The van der Waals surface area contributed by atoms with E-state index in [1.807, 2.05) is 24.3 Å². The number of nitrogens with zero attached hydrogens (tertiary/aromatic N) is 2. The third-order valence-electron chi connectivity index (χ3n) is 3.59. The third kappa shape index (κ3) is 2.52. The molecule has 0 saturated carbocycles. The molecule has 0 aliphatic heterocycles. The molecule has 21 heavy (non-hydrogen) atoms. The minimum Gasteiger partial charge on any atom is -0.399 e. The van der Waals surface area contributed by atoms with Gasteiger partial charge in [0.1, 0.15) is 5.82 Å². The highest BCUT2D eigenvalue weighted by atomic mass is 14.9. The van der Waals surface area contributed by atoms with Crippen LogP contribution in [0.2, 0.25) is 0 Å². The van der Waals surface area contributed by atoms with Crippen molar-refractivity contribution >= 4 is 22.4 Å². The van der Waals surface area contributed by atoms with Crippen molar-refractivity contribution in [3.05, 3.63) is 48.0 Å². The topological polar surface area (TPSA) is 77.8 Å². The van der Waals surface area contributed by atoms with Gasteiger partial charge in [-0.2, -0.15) is 0 Å². The second-order valence-corrected chi connectivity index (χ2v) is 5.49. The van der Waals surface area contributed by atoms with E-state index in [0.717, 1.165) is 16.5 Å². The van der Waals surface area contributed by atoms with Gasteiger partial charge in [-0.3, -0.25) is 0 Å². The molecule has 0 aliphatic rings. The molecule has 2 aromatic carbocycles. The lowest BCUT2D eigenvalue weighted by Crippen LogP contribution is -1.99. The van der Waals surface area contributed by atoms with Gasteiger partial charge in [-0.15, -0.1) is 0 Å². The van der Waals surface area contributed by atoms with Crippen molar-refractivity contribution in [2.75, 3.05) is 11.5 Å². The highest BCUT2D eigenvalue weighted by Crippen LogP contribution is 2.25. The Kier molecular flexibility index (Phi) is 3.22. The standard InChI is InChI=1S/C17H18N4/c1-10(2)11-3-5-12(6-4-11)17-20-15-9-13(18)7-8-14(15)16(19)21-17/h3-10H,18H2,1-2H3,(H2,19,20,21). The molecule has 1 heterocycles. The first-order chi connectivity index (χ1) is 10.0. The maximum Gasteiger partial charge on any atom is 0.162 e. The predicted octanol–water partition coefficient (Wildman–Crippen LogP) is 3.58. The molecule has 0 spiro atoms. The molecule has 106 valence electrons. The summed E-state index contributed by atoms with van der Waals surface area (Å²) in [6.07, 6.45) is 0. The number of benzene rings is 2. The fourth-order valence-electron chi connectivity index (χ4n) is 2.32. The van der Waals surface area contributed by atoms with Crippen LogP contribution in [-0.4, -0.2) is 9.97 Å². The summed E-state index contributed by atoms with van der Waals surface area (Å²) < 4.78 is 0. The molecule has 4 N–H and O–H groups in total. The van der Waals surface area contributed by atoms with Gasteiger partial charge in [-0.1, -0.05) is 38.1 Å². The van der Waals surface area contributed by atoms with Gasteiger partial charge in [0.15, 0.2) is 5.82 Å². The molecule has 0 unspecified atom stereocenters. The number of hydrogen-bond donors (Lipinski definition) is 2. The number of nitrogens with two attached hydrogens (primary N) is 2. The van der Waals surface area contributed by atoms with Crippen molar-refractivity contribution in [3.63, 3.8) is 0 Å². The van der Waals surface area contributed by atoms with E-state index in [4.69, 9.17) is 11.5 Å². The second kappa shape index (κ2) is 5.05. The Morgan fingerprint density at radius 3 is 2.29 bits per heavy atom. The lowest BCUT2D eigenvalue weighted by Gasteiger charge is -2.08. The largest absolute Gasteiger partial charge is 0.399 e. The van der Waals surface area contributed by atoms with E-state index in [2.05, 4.69) is 35.9 Å². The summed E-state index contributed by atoms with van der Waals surface area (Å²) in [6.45, 7) is 4.34. The molecule has 0 saturated heterocycles. The Hall–Kier alpha value is -2.62. The average molecular weight is 278 g/mol. The van der Waals surface area contributed by atoms with Crippen LogP contribution in [0.4, 0.5) is 11.5 Å². The van der Waals surface area contributed by atoms with Crippen LogP contribution in [0.25, 0.3) is 22.3 Å². The molecule has 3 rings (SSSR count). The number of rotatable bonds is 2. The first-order valence-corrected chi connectivity index (χ1v) is 6.97. The van der Waals surface area contributed by atoms with Crippen LogP contribution in [0.5, 0.6) is 0 Å². The number of aromatic nitrogens is 2. The maximum absolute atomic E-state index is 6.03. The summed E-state index contributed by atoms with van der Waals surface area (Å²) in [5, 5.41) is 0.826. The molecule has 0 aliphatic carbocycles. The van der Waals surface area contributed by atoms with E-state index >= 15 is 0 Å². The molecule has 0 atom stereocenters. The highest BCUT2D eigenvalue weighted by Gasteiger charge is 2.08. The quantitative estimate of drug-likeness (QED) is 0.702. The van der Waals surface area contributed by atoms with E-state index in [1.165, 1.54) is 5.56 Å². The van der Waals surface area contributed by atoms with Crippen LogP contribution in [-0.2, 0) is 0 Å².